The van der Waals surface area contributed by atoms with Crippen LogP contribution in [0.4, 0.5) is 0 Å². The first-order chi connectivity index (χ1) is 10.2. The highest BCUT2D eigenvalue weighted by molar-refractivity contribution is 4.91. The second-order valence-electron chi connectivity index (χ2n) is 8.93. The summed E-state index contributed by atoms with van der Waals surface area (Å²) in [4.78, 5) is 5.35. The lowest BCUT2D eigenvalue weighted by molar-refractivity contribution is -0.101. The van der Waals surface area contributed by atoms with Gasteiger partial charge in [0.1, 0.15) is 0 Å². The predicted molar refractivity (Wildman–Crippen MR) is 94.3 cm³/mol. The van der Waals surface area contributed by atoms with E-state index in [2.05, 4.69) is 58.3 Å². The van der Waals surface area contributed by atoms with Gasteiger partial charge in [-0.15, -0.1) is 0 Å². The Labute approximate surface area is 138 Å². The quantitative estimate of drug-likeness (QED) is 0.788. The third-order valence-electron chi connectivity index (χ3n) is 5.57. The maximum absolute atomic E-state index is 5.92. The molecule has 2 fully saturated rings. The van der Waals surface area contributed by atoms with Gasteiger partial charge in [0.15, 0.2) is 0 Å². The molecule has 4 unspecified atom stereocenters. The van der Waals surface area contributed by atoms with Crippen molar-refractivity contribution in [2.45, 2.75) is 85.1 Å². The summed E-state index contributed by atoms with van der Waals surface area (Å²) < 4.78 is 5.92. The van der Waals surface area contributed by atoms with E-state index in [1.54, 1.807) is 0 Å². The summed E-state index contributed by atoms with van der Waals surface area (Å²) in [5.41, 5.74) is 0.274. The van der Waals surface area contributed by atoms with Gasteiger partial charge in [-0.25, -0.2) is 0 Å². The molecular formula is C19H38N2O. The van der Waals surface area contributed by atoms with E-state index in [0.29, 0.717) is 18.2 Å². The first-order valence-electron chi connectivity index (χ1n) is 9.32. The van der Waals surface area contributed by atoms with Crippen LogP contribution < -0.4 is 0 Å². The normalized spacial score (nSPS) is 36.0. The largest absolute Gasteiger partial charge is 0.373 e. The van der Waals surface area contributed by atoms with E-state index in [1.165, 1.54) is 25.9 Å². The van der Waals surface area contributed by atoms with Crippen molar-refractivity contribution >= 4 is 0 Å². The van der Waals surface area contributed by atoms with Crippen molar-refractivity contribution in [1.82, 2.24) is 9.80 Å². The van der Waals surface area contributed by atoms with Gasteiger partial charge in [-0.2, -0.15) is 0 Å². The minimum Gasteiger partial charge on any atom is -0.373 e. The molecule has 2 aliphatic rings. The summed E-state index contributed by atoms with van der Waals surface area (Å²) >= 11 is 0. The SMILES string of the molecule is CC1CC(CC(C)(C)N2CC(C)OC(C)C2)CN(C(C)C)C1. The van der Waals surface area contributed by atoms with E-state index >= 15 is 0 Å². The van der Waals surface area contributed by atoms with E-state index in [9.17, 15) is 0 Å². The van der Waals surface area contributed by atoms with Crippen LogP contribution in [-0.4, -0.2) is 59.8 Å². The highest BCUT2D eigenvalue weighted by Gasteiger charge is 2.37. The van der Waals surface area contributed by atoms with Gasteiger partial charge in [0.05, 0.1) is 12.2 Å². The van der Waals surface area contributed by atoms with Crippen molar-refractivity contribution in [1.29, 1.82) is 0 Å². The second-order valence-corrected chi connectivity index (χ2v) is 8.93. The highest BCUT2D eigenvalue weighted by atomic mass is 16.5. The van der Waals surface area contributed by atoms with E-state index in [1.807, 2.05) is 0 Å². The summed E-state index contributed by atoms with van der Waals surface area (Å²) in [6.45, 7) is 21.1. The van der Waals surface area contributed by atoms with Gasteiger partial charge in [-0.1, -0.05) is 6.92 Å². The van der Waals surface area contributed by atoms with E-state index in [0.717, 1.165) is 24.9 Å². The molecule has 0 aromatic carbocycles. The van der Waals surface area contributed by atoms with Crippen molar-refractivity contribution in [3.05, 3.63) is 0 Å². The molecule has 2 heterocycles. The average Bonchev–Trinajstić information content (AvgIpc) is 2.36. The molecule has 0 aliphatic carbocycles. The fourth-order valence-electron chi connectivity index (χ4n) is 4.60. The monoisotopic (exact) mass is 310 g/mol. The zero-order chi connectivity index (χ0) is 16.5. The molecule has 0 bridgehead atoms. The Bertz CT molecular complexity index is 345. The molecule has 3 nitrogen and oxygen atoms in total. The van der Waals surface area contributed by atoms with Gasteiger partial charge in [0, 0.05) is 37.8 Å². The smallest absolute Gasteiger partial charge is 0.0678 e. The fourth-order valence-corrected chi connectivity index (χ4v) is 4.60. The van der Waals surface area contributed by atoms with Gasteiger partial charge in [-0.05, 0) is 66.2 Å². The summed E-state index contributed by atoms with van der Waals surface area (Å²) in [6.07, 6.45) is 3.42. The predicted octanol–water partition coefficient (Wildman–Crippen LogP) is 3.63. The summed E-state index contributed by atoms with van der Waals surface area (Å²) in [7, 11) is 0. The minimum atomic E-state index is 0.274. The molecule has 4 atom stereocenters. The zero-order valence-corrected chi connectivity index (χ0v) is 15.9. The standard InChI is InChI=1S/C19H38N2O/c1-14(2)20-10-15(3)8-18(13-20)9-19(6,7)21-11-16(4)22-17(5)12-21/h14-18H,8-13H2,1-7H3. The molecule has 130 valence electrons. The molecule has 0 N–H and O–H groups in total. The lowest BCUT2D eigenvalue weighted by atomic mass is 9.80. The van der Waals surface area contributed by atoms with E-state index in [-0.39, 0.29) is 5.54 Å². The molecular weight excluding hydrogens is 272 g/mol. The molecule has 0 radical (unpaired) electrons. The van der Waals surface area contributed by atoms with Crippen molar-refractivity contribution in [3.63, 3.8) is 0 Å². The number of rotatable bonds is 4. The summed E-state index contributed by atoms with van der Waals surface area (Å²) in [6, 6.07) is 0.678. The van der Waals surface area contributed by atoms with Crippen molar-refractivity contribution < 1.29 is 4.74 Å². The topological polar surface area (TPSA) is 15.7 Å². The lowest BCUT2D eigenvalue weighted by Crippen LogP contribution is -2.56. The van der Waals surface area contributed by atoms with Crippen LogP contribution in [0.3, 0.4) is 0 Å². The molecule has 0 aromatic heterocycles. The first-order valence-corrected chi connectivity index (χ1v) is 9.32. The molecule has 3 heteroatoms. The number of nitrogens with zero attached hydrogens (tertiary/aromatic N) is 2. The molecule has 2 rings (SSSR count). The highest BCUT2D eigenvalue weighted by Crippen LogP contribution is 2.33. The average molecular weight is 311 g/mol. The lowest BCUT2D eigenvalue weighted by Gasteiger charge is -2.48. The van der Waals surface area contributed by atoms with Crippen LogP contribution in [0.2, 0.25) is 0 Å². The Balaban J connectivity index is 1.98. The maximum atomic E-state index is 5.92. The van der Waals surface area contributed by atoms with E-state index in [4.69, 9.17) is 4.74 Å². The van der Waals surface area contributed by atoms with Crippen LogP contribution in [0.1, 0.15) is 61.3 Å². The van der Waals surface area contributed by atoms with Crippen LogP contribution >= 0.6 is 0 Å². The van der Waals surface area contributed by atoms with Gasteiger partial charge in [0.25, 0.3) is 0 Å². The Morgan fingerprint density at radius 2 is 1.59 bits per heavy atom. The zero-order valence-electron chi connectivity index (χ0n) is 15.9. The number of morpholine rings is 1. The second kappa shape index (κ2) is 7.19. The third kappa shape index (κ3) is 4.69. The van der Waals surface area contributed by atoms with Crippen molar-refractivity contribution in [3.8, 4) is 0 Å². The van der Waals surface area contributed by atoms with Gasteiger partial charge < -0.3 is 9.64 Å². The Morgan fingerprint density at radius 3 is 2.14 bits per heavy atom. The number of ether oxygens (including phenoxy) is 1. The Hall–Kier alpha value is -0.120. The van der Waals surface area contributed by atoms with Gasteiger partial charge in [-0.3, -0.25) is 4.90 Å². The molecule has 0 saturated carbocycles. The molecule has 0 amide bonds. The molecule has 2 saturated heterocycles. The molecule has 0 aromatic rings. The Kier molecular flexibility index (Phi) is 5.95. The fraction of sp³-hybridized carbons (Fsp3) is 1.00. The summed E-state index contributed by atoms with van der Waals surface area (Å²) in [5.74, 6) is 1.66. The van der Waals surface area contributed by atoms with Gasteiger partial charge >= 0.3 is 0 Å². The van der Waals surface area contributed by atoms with Crippen LogP contribution in [0, 0.1) is 11.8 Å². The van der Waals surface area contributed by atoms with Crippen LogP contribution in [0.15, 0.2) is 0 Å². The van der Waals surface area contributed by atoms with E-state index < -0.39 is 0 Å². The number of piperidine rings is 1. The third-order valence-corrected chi connectivity index (χ3v) is 5.57. The summed E-state index contributed by atoms with van der Waals surface area (Å²) in [5, 5.41) is 0. The van der Waals surface area contributed by atoms with Crippen LogP contribution in [0.5, 0.6) is 0 Å². The molecule has 22 heavy (non-hydrogen) atoms. The number of hydrogen-bond acceptors (Lipinski definition) is 3. The van der Waals surface area contributed by atoms with Crippen LogP contribution in [-0.2, 0) is 4.74 Å². The Morgan fingerprint density at radius 1 is 1.00 bits per heavy atom. The minimum absolute atomic E-state index is 0.274. The molecule has 2 aliphatic heterocycles. The number of likely N-dealkylation sites (tertiary alicyclic amines) is 1. The molecule has 0 spiro atoms. The first kappa shape index (κ1) is 18.2. The van der Waals surface area contributed by atoms with Gasteiger partial charge in [0.2, 0.25) is 0 Å². The van der Waals surface area contributed by atoms with Crippen molar-refractivity contribution in [2.75, 3.05) is 26.2 Å². The maximum Gasteiger partial charge on any atom is 0.0678 e. The van der Waals surface area contributed by atoms with Crippen LogP contribution in [0.25, 0.3) is 0 Å². The van der Waals surface area contributed by atoms with Crippen molar-refractivity contribution in [2.24, 2.45) is 11.8 Å². The number of hydrogen-bond donors (Lipinski definition) is 0.